The summed E-state index contributed by atoms with van der Waals surface area (Å²) in [5.74, 6) is 0. The van der Waals surface area contributed by atoms with Crippen molar-refractivity contribution in [1.29, 1.82) is 0 Å². The highest BCUT2D eigenvalue weighted by Crippen LogP contribution is 2.58. The van der Waals surface area contributed by atoms with Crippen LogP contribution < -0.4 is 20.4 Å². The number of anilines is 10. The molecule has 0 unspecified atom stereocenters. The fraction of sp³-hybridized carbons (Fsp3) is 0.410. The third-order valence-corrected chi connectivity index (χ3v) is 32.9. The summed E-state index contributed by atoms with van der Waals surface area (Å²) in [6.07, 6.45) is 14.5. The summed E-state index contributed by atoms with van der Waals surface area (Å²) in [6.45, 7) is 62.2. The number of rotatable bonds is 9. The van der Waals surface area contributed by atoms with Crippen molar-refractivity contribution in [2.75, 3.05) is 20.4 Å². The molecule has 0 aliphatic heterocycles. The van der Waals surface area contributed by atoms with Gasteiger partial charge in [-0.1, -0.05) is 279 Å². The van der Waals surface area contributed by atoms with Gasteiger partial charge >= 0.3 is 0 Å². The van der Waals surface area contributed by atoms with Gasteiger partial charge in [0.25, 0.3) is 0 Å². The highest BCUT2D eigenvalue weighted by molar-refractivity contribution is 9.10. The molecule has 2 aromatic heterocycles. The molecule has 0 fully saturated rings. The van der Waals surface area contributed by atoms with E-state index in [-0.39, 0.29) is 54.1 Å². The van der Waals surface area contributed by atoms with Gasteiger partial charge in [0.2, 0.25) is 0 Å². The molecule has 6 aliphatic rings. The summed E-state index contributed by atoms with van der Waals surface area (Å²) >= 11 is 10.2. The predicted octanol–water partition coefficient (Wildman–Crippen LogP) is 36.7. The van der Waals surface area contributed by atoms with Gasteiger partial charge in [-0.05, 0) is 379 Å². The zero-order valence-corrected chi connectivity index (χ0v) is 85.3. The van der Waals surface area contributed by atoms with E-state index >= 15 is 0 Å². The monoisotopic (exact) mass is 1810 g/mol. The number of hydrogen-bond acceptors (Lipinski definition) is 6. The van der Waals surface area contributed by atoms with Gasteiger partial charge in [0.05, 0.1) is 16.5 Å². The maximum atomic E-state index is 6.64. The molecule has 0 bridgehead atoms. The lowest BCUT2D eigenvalue weighted by Crippen LogP contribution is -2.34. The van der Waals surface area contributed by atoms with Gasteiger partial charge in [-0.3, -0.25) is 0 Å². The van der Waals surface area contributed by atoms with Crippen LogP contribution in [0.25, 0.3) is 43.9 Å². The normalized spacial score (nSPS) is 19.3. The van der Waals surface area contributed by atoms with Crippen molar-refractivity contribution in [1.82, 2.24) is 0 Å². The third kappa shape index (κ3) is 17.1. The van der Waals surface area contributed by atoms with Crippen LogP contribution in [-0.2, 0) is 65.0 Å². The molecule has 6 nitrogen and oxygen atoms in total. The molecule has 12 aromatic carbocycles. The Labute approximate surface area is 791 Å². The third-order valence-electron chi connectivity index (χ3n) is 32.2. The minimum atomic E-state index is 0.0546. The number of benzene rings is 12. The van der Waals surface area contributed by atoms with E-state index in [0.29, 0.717) is 10.8 Å². The van der Waals surface area contributed by atoms with E-state index in [4.69, 9.17) is 26.2 Å². The highest BCUT2D eigenvalue weighted by Gasteiger charge is 2.45. The molecule has 0 saturated carbocycles. The Balaban J connectivity index is 0.000000148. The number of furan rings is 2. The minimum Gasteiger partial charge on any atom is -0.456 e. The topological polar surface area (TPSA) is 62.0 Å². The highest BCUT2D eigenvalue weighted by atomic mass is 79.9. The van der Waals surface area contributed by atoms with Gasteiger partial charge in [-0.2, -0.15) is 0 Å². The van der Waals surface area contributed by atoms with Gasteiger partial charge in [-0.25, -0.2) is 0 Å². The quantitative estimate of drug-likeness (QED) is 0.145. The Hall–Kier alpha value is -9.79. The van der Waals surface area contributed by atoms with Crippen LogP contribution in [0, 0.1) is 13.8 Å². The van der Waals surface area contributed by atoms with Crippen molar-refractivity contribution in [3.63, 3.8) is 0 Å². The van der Waals surface area contributed by atoms with Gasteiger partial charge in [0.1, 0.15) is 22.3 Å². The largest absolute Gasteiger partial charge is 0.456 e. The maximum Gasteiger partial charge on any atom is 0.137 e. The van der Waals surface area contributed by atoms with Crippen molar-refractivity contribution in [2.24, 2.45) is 0 Å². The number of hydrogen-bond donors (Lipinski definition) is 1. The Bertz CT molecular complexity index is 6560. The average molecular weight is 1810 g/mol. The number of fused-ring (bicyclic) bond motifs is 12. The molecule has 20 rings (SSSR count). The lowest BCUT2D eigenvalue weighted by atomic mass is 9.63. The van der Waals surface area contributed by atoms with Crippen molar-refractivity contribution in [3.8, 4) is 0 Å². The van der Waals surface area contributed by atoms with E-state index < -0.39 is 0 Å². The van der Waals surface area contributed by atoms with Crippen molar-refractivity contribution < 1.29 is 8.83 Å². The van der Waals surface area contributed by atoms with Crippen LogP contribution >= 0.6 is 27.5 Å². The molecule has 0 saturated heterocycles. The molecular weight excluding hydrogens is 1670 g/mol. The second-order valence-corrected chi connectivity index (χ2v) is 48.9. The van der Waals surface area contributed by atoms with E-state index in [1.807, 2.05) is 48.5 Å². The standard InChI is InChI=1S/C61H70N2O.C35H44ClN.C14H19Br.C12H9NO/c1-39-33-43(62(40-21-24-46-49(36-40)59(8,9)30-27-56(46,2)3)41-22-25-47-50(37-41)60(10,11)31-28-57(47,4)5)35-44(34-39)63(42-23-26-48-51(38-42)61(12,13)32-29-58(48,6)7)52-18-16-20-54-55(52)45-17-14-15-19-53(45)64-54;1-23-18-24(36)20-27(19-23)37(25-10-12-28-30(21-25)34(6,7)16-14-32(28,2)3)26-11-13-29-31(22-26)35(8,9)17-15-33(29,4)5;1-13(2)7-8-14(3,4)12-9-10(15)5-6-11(12)13;13-9-5-3-7-11-12(9)8-4-1-2-6-10(8)14-11/h14-26,33-38H,27-32H2,1-13H3;10-13,18-22H,14-17H2,1-9H3;5-6,9H,7-8H2,1-4H3;1-7H,13H2. The first-order valence-electron chi connectivity index (χ1n) is 48.3. The second-order valence-electron chi connectivity index (χ2n) is 47.5. The van der Waals surface area contributed by atoms with Crippen molar-refractivity contribution in [3.05, 3.63) is 318 Å². The van der Waals surface area contributed by atoms with Crippen LogP contribution in [0.5, 0.6) is 0 Å². The number of nitrogens with zero attached hydrogens (tertiary/aromatic N) is 3. The van der Waals surface area contributed by atoms with Crippen LogP contribution in [0.2, 0.25) is 5.02 Å². The molecule has 0 amide bonds. The lowest BCUT2D eigenvalue weighted by molar-refractivity contribution is 0.331. The molecule has 14 aromatic rings. The SMILES string of the molecule is CC1(C)CCC(C)(C)c2cc(Br)ccc21.Cc1cc(Cl)cc(N(c2ccc3c(c2)C(C)(C)CCC3(C)C)c2ccc3c(c2)C(C)(C)CCC3(C)C)c1.Cc1cc(N(c2ccc3c(c2)C(C)(C)CCC3(C)C)c2ccc3c(c2)C(C)(C)CCC3(C)C)cc(N(c2ccc3c(c2)C(C)(C)CCC3(C)C)c2cccc3oc4ccccc4c23)c1.Nc1cccc2oc3ccccc3c12. The van der Waals surface area contributed by atoms with Crippen LogP contribution in [0.3, 0.4) is 0 Å². The molecule has 2 heterocycles. The minimum absolute atomic E-state index is 0.0546. The summed E-state index contributed by atoms with van der Waals surface area (Å²) in [5.41, 5.74) is 42.9. The van der Waals surface area contributed by atoms with Gasteiger partial charge in [0.15, 0.2) is 0 Å². The summed E-state index contributed by atoms with van der Waals surface area (Å²) in [7, 11) is 0. The van der Waals surface area contributed by atoms with E-state index in [1.165, 1.54) is 181 Å². The molecule has 0 atom stereocenters. The van der Waals surface area contributed by atoms with Crippen LogP contribution in [0.1, 0.15) is 321 Å². The molecule has 2 N–H and O–H groups in total. The lowest BCUT2D eigenvalue weighted by Gasteiger charge is -2.43. The molecule has 0 spiro atoms. The summed E-state index contributed by atoms with van der Waals surface area (Å²) in [4.78, 5) is 7.51. The number of aryl methyl sites for hydroxylation is 2. The first kappa shape index (κ1) is 92.1. The van der Waals surface area contributed by atoms with Crippen molar-refractivity contribution in [2.45, 2.75) is 322 Å². The van der Waals surface area contributed by atoms with Crippen LogP contribution in [0.4, 0.5) is 56.9 Å². The number of nitrogens with two attached hydrogens (primary N) is 1. The fourth-order valence-corrected chi connectivity index (χ4v) is 23.7. The molecule has 130 heavy (non-hydrogen) atoms. The number of halogens is 2. The first-order chi connectivity index (χ1) is 60.9. The maximum absolute atomic E-state index is 6.64. The zero-order chi connectivity index (χ0) is 93.1. The van der Waals surface area contributed by atoms with E-state index in [2.05, 4.69) is 393 Å². The molecular formula is C122H142BrClN4O2. The second kappa shape index (κ2) is 32.8. The first-order valence-corrected chi connectivity index (χ1v) is 49.4. The number of nitrogen functional groups attached to an aromatic ring is 1. The summed E-state index contributed by atoms with van der Waals surface area (Å²) < 4.78 is 13.4. The average Bonchev–Trinajstić information content (AvgIpc) is 1.12. The van der Waals surface area contributed by atoms with Crippen molar-refractivity contribution >= 4 is 128 Å². The Morgan fingerprint density at radius 1 is 0.246 bits per heavy atom. The molecule has 0 radical (unpaired) electrons. The molecule has 676 valence electrons. The molecule has 6 aliphatic carbocycles. The Morgan fingerprint density at radius 3 is 0.854 bits per heavy atom. The molecule has 8 heteroatoms. The zero-order valence-electron chi connectivity index (χ0n) is 82.9. The van der Waals surface area contributed by atoms with Crippen LogP contribution in [0.15, 0.2) is 244 Å². The van der Waals surface area contributed by atoms with Gasteiger partial charge in [-0.15, -0.1) is 0 Å². The summed E-state index contributed by atoms with van der Waals surface area (Å²) in [6, 6.07) is 85.6. The van der Waals surface area contributed by atoms with E-state index in [0.717, 1.165) is 83.8 Å². The van der Waals surface area contributed by atoms with Gasteiger partial charge < -0.3 is 29.3 Å². The van der Waals surface area contributed by atoms with Crippen LogP contribution in [-0.4, -0.2) is 0 Å². The number of para-hydroxylation sites is 2. The van der Waals surface area contributed by atoms with E-state index in [9.17, 15) is 0 Å². The smallest absolute Gasteiger partial charge is 0.137 e. The van der Waals surface area contributed by atoms with E-state index in [1.54, 1.807) is 0 Å². The fourth-order valence-electron chi connectivity index (χ4n) is 23.1. The van der Waals surface area contributed by atoms with Gasteiger partial charge in [0, 0.05) is 71.5 Å². The Morgan fingerprint density at radius 2 is 0.508 bits per heavy atom. The Kier molecular flexibility index (Phi) is 23.3. The predicted molar refractivity (Wildman–Crippen MR) is 563 cm³/mol. The summed E-state index contributed by atoms with van der Waals surface area (Å²) in [5, 5.41) is 5.14.